The second-order valence-electron chi connectivity index (χ2n) is 9.30. The SMILES string of the molecule is CCOC(=O)C1=C(C)N=c2sc(=Cc3ccc(OC)c(C)c3)c(=O)n2C1c1c(OC)ccc2ccc(OC)cc12. The standard InChI is InChI=1S/C31H30N2O6S/c1-7-39-30(35)26-18(3)32-31-33(29(34)25(40-31)15-19-8-12-23(37-5)17(2)14-19)28(26)27-22-16-21(36-4)11-9-20(22)10-13-24(27)38-6/h8-16,28H,7H2,1-6H3. The van der Waals surface area contributed by atoms with Crippen molar-refractivity contribution in [1.29, 1.82) is 0 Å². The third-order valence-corrected chi connectivity index (χ3v) is 7.94. The maximum atomic E-state index is 14.1. The number of rotatable bonds is 7. The number of allylic oxidation sites excluding steroid dienone is 1. The summed E-state index contributed by atoms with van der Waals surface area (Å²) in [5.41, 5.74) is 2.97. The molecule has 40 heavy (non-hydrogen) atoms. The first-order chi connectivity index (χ1) is 19.3. The van der Waals surface area contributed by atoms with Crippen molar-refractivity contribution in [2.45, 2.75) is 26.8 Å². The van der Waals surface area contributed by atoms with Crippen LogP contribution in [-0.4, -0.2) is 38.5 Å². The van der Waals surface area contributed by atoms with Crippen LogP contribution in [0.4, 0.5) is 0 Å². The fourth-order valence-corrected chi connectivity index (χ4v) is 6.14. The minimum atomic E-state index is -0.833. The summed E-state index contributed by atoms with van der Waals surface area (Å²) >= 11 is 1.27. The first-order valence-electron chi connectivity index (χ1n) is 12.8. The van der Waals surface area contributed by atoms with Crippen LogP contribution in [0.3, 0.4) is 0 Å². The molecule has 1 unspecified atom stereocenters. The van der Waals surface area contributed by atoms with E-state index in [-0.39, 0.29) is 17.7 Å². The molecule has 0 saturated heterocycles. The number of aryl methyl sites for hydroxylation is 1. The van der Waals surface area contributed by atoms with Gasteiger partial charge in [-0.05, 0) is 79.1 Å². The van der Waals surface area contributed by atoms with Crippen LogP contribution in [0.5, 0.6) is 17.2 Å². The molecule has 2 heterocycles. The highest BCUT2D eigenvalue weighted by Crippen LogP contribution is 2.41. The van der Waals surface area contributed by atoms with Gasteiger partial charge in [0, 0.05) is 5.56 Å². The highest BCUT2D eigenvalue weighted by Gasteiger charge is 2.36. The quantitative estimate of drug-likeness (QED) is 0.315. The summed E-state index contributed by atoms with van der Waals surface area (Å²) < 4.78 is 24.3. The van der Waals surface area contributed by atoms with Crippen molar-refractivity contribution >= 4 is 34.2 Å². The van der Waals surface area contributed by atoms with Gasteiger partial charge >= 0.3 is 5.97 Å². The minimum Gasteiger partial charge on any atom is -0.497 e. The number of benzene rings is 3. The summed E-state index contributed by atoms with van der Waals surface area (Å²) in [6.07, 6.45) is 1.83. The summed E-state index contributed by atoms with van der Waals surface area (Å²) in [7, 11) is 4.79. The van der Waals surface area contributed by atoms with Gasteiger partial charge < -0.3 is 18.9 Å². The van der Waals surface area contributed by atoms with E-state index in [0.717, 1.165) is 27.6 Å². The van der Waals surface area contributed by atoms with Crippen LogP contribution >= 0.6 is 11.3 Å². The molecule has 0 spiro atoms. The van der Waals surface area contributed by atoms with Crippen LogP contribution in [0.1, 0.15) is 36.6 Å². The number of hydrogen-bond donors (Lipinski definition) is 0. The van der Waals surface area contributed by atoms with Crippen molar-refractivity contribution in [3.05, 3.63) is 96.2 Å². The monoisotopic (exact) mass is 558 g/mol. The molecule has 1 aliphatic heterocycles. The molecule has 0 saturated carbocycles. The van der Waals surface area contributed by atoms with Gasteiger partial charge in [0.05, 0.1) is 43.7 Å². The Bertz CT molecular complexity index is 1840. The third kappa shape index (κ3) is 4.66. The fourth-order valence-electron chi connectivity index (χ4n) is 5.10. The average Bonchev–Trinajstić information content (AvgIpc) is 3.25. The third-order valence-electron chi connectivity index (χ3n) is 6.96. The smallest absolute Gasteiger partial charge is 0.338 e. The number of aromatic nitrogens is 1. The number of hydrogen-bond acceptors (Lipinski definition) is 8. The number of ether oxygens (including phenoxy) is 4. The molecule has 0 aliphatic carbocycles. The zero-order valence-electron chi connectivity index (χ0n) is 23.2. The Balaban J connectivity index is 1.84. The van der Waals surface area contributed by atoms with Crippen LogP contribution in [-0.2, 0) is 9.53 Å². The number of carbonyl (C=O) groups excluding carboxylic acids is 1. The number of thiazole rings is 1. The Morgan fingerprint density at radius 3 is 2.40 bits per heavy atom. The van der Waals surface area contributed by atoms with Crippen molar-refractivity contribution in [2.75, 3.05) is 27.9 Å². The summed E-state index contributed by atoms with van der Waals surface area (Å²) in [6.45, 7) is 5.65. The second kappa shape index (κ2) is 11.0. The lowest BCUT2D eigenvalue weighted by molar-refractivity contribution is -0.139. The molecule has 5 rings (SSSR count). The lowest BCUT2D eigenvalue weighted by atomic mass is 9.90. The number of methoxy groups -OCH3 is 3. The maximum absolute atomic E-state index is 14.1. The summed E-state index contributed by atoms with van der Waals surface area (Å²) in [4.78, 5) is 32.7. The second-order valence-corrected chi connectivity index (χ2v) is 10.3. The Kier molecular flexibility index (Phi) is 7.49. The number of esters is 1. The van der Waals surface area contributed by atoms with E-state index in [9.17, 15) is 9.59 Å². The molecule has 8 nitrogen and oxygen atoms in total. The molecule has 1 aromatic heterocycles. The van der Waals surface area contributed by atoms with Crippen LogP contribution in [0.25, 0.3) is 16.8 Å². The largest absolute Gasteiger partial charge is 0.497 e. The van der Waals surface area contributed by atoms with E-state index in [4.69, 9.17) is 23.9 Å². The van der Waals surface area contributed by atoms with Crippen molar-refractivity contribution in [1.82, 2.24) is 4.57 Å². The van der Waals surface area contributed by atoms with Crippen LogP contribution in [0.15, 0.2) is 69.6 Å². The molecule has 1 aliphatic rings. The van der Waals surface area contributed by atoms with E-state index in [2.05, 4.69) is 0 Å². The van der Waals surface area contributed by atoms with Crippen molar-refractivity contribution in [3.8, 4) is 17.2 Å². The molecule has 0 N–H and O–H groups in total. The van der Waals surface area contributed by atoms with E-state index in [1.807, 2.05) is 61.5 Å². The first kappa shape index (κ1) is 27.2. The van der Waals surface area contributed by atoms with Crippen LogP contribution < -0.4 is 29.1 Å². The van der Waals surface area contributed by atoms with Crippen molar-refractivity contribution in [2.24, 2.45) is 4.99 Å². The lowest BCUT2D eigenvalue weighted by Gasteiger charge is -2.27. The molecule has 3 aromatic carbocycles. The van der Waals surface area contributed by atoms with Gasteiger partial charge in [0.1, 0.15) is 23.3 Å². The summed E-state index contributed by atoms with van der Waals surface area (Å²) in [5, 5.41) is 1.70. The minimum absolute atomic E-state index is 0.185. The molecular formula is C31H30N2O6S. The van der Waals surface area contributed by atoms with Crippen molar-refractivity contribution in [3.63, 3.8) is 0 Å². The number of carbonyl (C=O) groups is 1. The molecule has 4 aromatic rings. The molecule has 206 valence electrons. The predicted molar refractivity (Wildman–Crippen MR) is 155 cm³/mol. The normalized spacial score (nSPS) is 15.1. The zero-order valence-corrected chi connectivity index (χ0v) is 24.0. The topological polar surface area (TPSA) is 88.4 Å². The van der Waals surface area contributed by atoms with Gasteiger partial charge in [-0.15, -0.1) is 0 Å². The van der Waals surface area contributed by atoms with Gasteiger partial charge in [0.15, 0.2) is 4.80 Å². The Hall–Kier alpha value is -4.37. The fraction of sp³-hybridized carbons (Fsp3) is 0.258. The average molecular weight is 559 g/mol. The Morgan fingerprint density at radius 2 is 1.73 bits per heavy atom. The Morgan fingerprint density at radius 1 is 1.00 bits per heavy atom. The zero-order chi connectivity index (χ0) is 28.6. The van der Waals surface area contributed by atoms with E-state index in [0.29, 0.717) is 32.1 Å². The van der Waals surface area contributed by atoms with Gasteiger partial charge in [-0.25, -0.2) is 9.79 Å². The molecule has 0 amide bonds. The van der Waals surface area contributed by atoms with E-state index in [1.54, 1.807) is 39.7 Å². The van der Waals surface area contributed by atoms with Gasteiger partial charge in [-0.2, -0.15) is 0 Å². The van der Waals surface area contributed by atoms with Gasteiger partial charge in [-0.1, -0.05) is 29.5 Å². The highest BCUT2D eigenvalue weighted by molar-refractivity contribution is 7.07. The van der Waals surface area contributed by atoms with E-state index < -0.39 is 12.0 Å². The molecule has 9 heteroatoms. The van der Waals surface area contributed by atoms with Gasteiger partial charge in [-0.3, -0.25) is 9.36 Å². The predicted octanol–water partition coefficient (Wildman–Crippen LogP) is 4.29. The number of nitrogens with zero attached hydrogens (tertiary/aromatic N) is 2. The molecular weight excluding hydrogens is 528 g/mol. The van der Waals surface area contributed by atoms with Crippen molar-refractivity contribution < 1.29 is 23.7 Å². The van der Waals surface area contributed by atoms with Gasteiger partial charge in [0.2, 0.25) is 0 Å². The Labute approximate surface area is 235 Å². The van der Waals surface area contributed by atoms with Crippen LogP contribution in [0, 0.1) is 6.92 Å². The molecule has 0 fully saturated rings. The molecule has 1 atom stereocenters. The lowest BCUT2D eigenvalue weighted by Crippen LogP contribution is -2.40. The molecule has 0 radical (unpaired) electrons. The van der Waals surface area contributed by atoms with Gasteiger partial charge in [0.25, 0.3) is 5.56 Å². The van der Waals surface area contributed by atoms with E-state index in [1.165, 1.54) is 11.3 Å². The van der Waals surface area contributed by atoms with E-state index >= 15 is 0 Å². The molecule has 0 bridgehead atoms. The number of fused-ring (bicyclic) bond motifs is 2. The highest BCUT2D eigenvalue weighted by atomic mass is 32.1. The van der Waals surface area contributed by atoms with Crippen LogP contribution in [0.2, 0.25) is 0 Å². The maximum Gasteiger partial charge on any atom is 0.338 e. The summed E-state index contributed by atoms with van der Waals surface area (Å²) in [5.74, 6) is 1.41. The summed E-state index contributed by atoms with van der Waals surface area (Å²) in [6, 6.07) is 14.4. The first-order valence-corrected chi connectivity index (χ1v) is 13.6.